The van der Waals surface area contributed by atoms with Gasteiger partial charge in [0.2, 0.25) is 0 Å². The molecule has 1 heterocycles. The molecule has 0 bridgehead atoms. The summed E-state index contributed by atoms with van der Waals surface area (Å²) in [6.07, 6.45) is 0. The van der Waals surface area contributed by atoms with Crippen molar-refractivity contribution in [3.63, 3.8) is 0 Å². The monoisotopic (exact) mass is 440 g/mol. The fraction of sp³-hybridized carbons (Fsp3) is 0.400. The van der Waals surface area contributed by atoms with Gasteiger partial charge in [-0.1, -0.05) is 0 Å². The predicted molar refractivity (Wildman–Crippen MR) is 116 cm³/mol. The Morgan fingerprint density at radius 3 is 1.62 bits per heavy atom. The summed E-state index contributed by atoms with van der Waals surface area (Å²) in [4.78, 5) is 0. The zero-order valence-electron chi connectivity index (χ0n) is 14.5. The van der Waals surface area contributed by atoms with Crippen LogP contribution in [0.4, 0.5) is 0 Å². The maximum absolute atomic E-state index is 3.72. The van der Waals surface area contributed by atoms with E-state index in [1.54, 1.807) is 0 Å². The van der Waals surface area contributed by atoms with Crippen LogP contribution in [0, 0.1) is 11.3 Å². The van der Waals surface area contributed by atoms with Crippen LogP contribution in [-0.2, 0) is 0 Å². The van der Waals surface area contributed by atoms with Crippen molar-refractivity contribution in [3.05, 3.63) is 60.7 Å². The number of benzene rings is 2. The molecule has 1 fully saturated rings. The van der Waals surface area contributed by atoms with E-state index < -0.39 is 5.51 Å². The van der Waals surface area contributed by atoms with Crippen LogP contribution in [0.5, 0.6) is 0 Å². The van der Waals surface area contributed by atoms with E-state index in [4.69, 9.17) is 0 Å². The molecule has 24 heavy (non-hydrogen) atoms. The summed E-state index contributed by atoms with van der Waals surface area (Å²) >= 11 is 8.07. The first-order valence-corrected chi connectivity index (χ1v) is 14.5. The molecule has 0 N–H and O–H groups in total. The first-order valence-electron chi connectivity index (χ1n) is 8.36. The Bertz CT molecular complexity index is 658. The topological polar surface area (TPSA) is 0 Å². The second kappa shape index (κ2) is 7.77. The van der Waals surface area contributed by atoms with E-state index in [0.29, 0.717) is 9.74 Å². The first kappa shape index (κ1) is 18.9. The summed E-state index contributed by atoms with van der Waals surface area (Å²) in [6, 6.07) is 22.2. The van der Waals surface area contributed by atoms with Crippen molar-refractivity contribution in [2.45, 2.75) is 25.1 Å². The Hall–Kier alpha value is 0.0895. The van der Waals surface area contributed by atoms with Crippen molar-refractivity contribution in [1.82, 2.24) is 0 Å². The van der Waals surface area contributed by atoms with Crippen molar-refractivity contribution in [3.8, 4) is 0 Å². The number of thioether (sulfide) groups is 2. The summed E-state index contributed by atoms with van der Waals surface area (Å²) in [5, 5.41) is 2.96. The van der Waals surface area contributed by atoms with Gasteiger partial charge in [0.1, 0.15) is 0 Å². The zero-order valence-corrected chi connectivity index (χ0v) is 18.8. The van der Waals surface area contributed by atoms with Crippen LogP contribution in [-0.4, -0.2) is 30.9 Å². The fourth-order valence-corrected chi connectivity index (χ4v) is 15.4. The maximum atomic E-state index is 3.72. The van der Waals surface area contributed by atoms with Crippen LogP contribution in [0.1, 0.15) is 20.8 Å². The van der Waals surface area contributed by atoms with Gasteiger partial charge in [0, 0.05) is 0 Å². The molecule has 0 amide bonds. The second-order valence-corrected chi connectivity index (χ2v) is 17.1. The molecule has 0 saturated carbocycles. The van der Waals surface area contributed by atoms with Gasteiger partial charge in [-0.15, -0.1) is 0 Å². The van der Waals surface area contributed by atoms with E-state index in [1.165, 1.54) is 22.1 Å². The molecule has 1 saturated heterocycles. The quantitative estimate of drug-likeness (QED) is 0.478. The van der Waals surface area contributed by atoms with Crippen LogP contribution < -0.4 is 10.6 Å². The molecule has 0 aromatic heterocycles. The first-order chi connectivity index (χ1) is 11.4. The third-order valence-electron chi connectivity index (χ3n) is 4.68. The second-order valence-electron chi connectivity index (χ2n) is 7.37. The van der Waals surface area contributed by atoms with Gasteiger partial charge >= 0.3 is 163 Å². The van der Waals surface area contributed by atoms with E-state index in [0.717, 1.165) is 5.92 Å². The molecule has 2 aromatic rings. The number of hydrogen-bond acceptors (Lipinski definition) is 2. The Labute approximate surface area is 162 Å². The molecule has 0 aliphatic carbocycles. The summed E-state index contributed by atoms with van der Waals surface area (Å²) in [7, 11) is 0. The van der Waals surface area contributed by atoms with Crippen LogP contribution in [0.25, 0.3) is 0 Å². The fourth-order valence-electron chi connectivity index (χ4n) is 2.89. The standard InChI is InChI=1S/C20H25PS2Se/c1-20(2,3)16-14-22-19(23-15-16)21(24,17-10-6-4-7-11-17)18-12-8-5-9-13-18/h4-13,16,19H,14-15H2,1-3H3. The molecule has 4 heteroatoms. The van der Waals surface area contributed by atoms with E-state index >= 15 is 0 Å². The molecule has 0 nitrogen and oxygen atoms in total. The SMILES string of the molecule is CC(C)(C)C1CSC(P(=[Se])(c2ccccc2)c2ccccc2)SC1. The molecule has 0 spiro atoms. The average Bonchev–Trinajstić information content (AvgIpc) is 2.62. The summed E-state index contributed by atoms with van der Waals surface area (Å²) in [5.41, 5.74) is -1.12. The Morgan fingerprint density at radius 1 is 0.833 bits per heavy atom. The molecular formula is C20H25PS2Se. The molecular weight excluding hydrogens is 414 g/mol. The van der Waals surface area contributed by atoms with Crippen molar-refractivity contribution in [1.29, 1.82) is 0 Å². The normalized spacial score (nSPS) is 22.3. The van der Waals surface area contributed by atoms with Gasteiger partial charge in [-0.05, 0) is 0 Å². The summed E-state index contributed by atoms with van der Waals surface area (Å²) in [5.74, 6) is 3.33. The van der Waals surface area contributed by atoms with Gasteiger partial charge in [0.05, 0.1) is 0 Å². The molecule has 3 rings (SSSR count). The van der Waals surface area contributed by atoms with Gasteiger partial charge in [-0.3, -0.25) is 0 Å². The third-order valence-corrected chi connectivity index (χ3v) is 18.6. The molecule has 0 unspecified atom stereocenters. The van der Waals surface area contributed by atoms with Crippen LogP contribution in [0.15, 0.2) is 60.7 Å². The molecule has 0 radical (unpaired) electrons. The molecule has 1 aliphatic rings. The number of hydrogen-bond donors (Lipinski definition) is 0. The minimum absolute atomic E-state index is 0.406. The van der Waals surface area contributed by atoms with E-state index in [1.807, 2.05) is 0 Å². The van der Waals surface area contributed by atoms with Gasteiger partial charge in [-0.25, -0.2) is 0 Å². The minimum atomic E-state index is -1.53. The third kappa shape index (κ3) is 3.92. The van der Waals surface area contributed by atoms with E-state index in [9.17, 15) is 0 Å². The zero-order chi connectivity index (χ0) is 17.2. The van der Waals surface area contributed by atoms with Crippen LogP contribution in [0.3, 0.4) is 0 Å². The van der Waals surface area contributed by atoms with E-state index in [2.05, 4.69) is 120 Å². The Kier molecular flexibility index (Phi) is 6.11. The molecule has 1 aliphatic heterocycles. The van der Waals surface area contributed by atoms with Gasteiger partial charge in [-0.2, -0.15) is 0 Å². The molecule has 128 valence electrons. The van der Waals surface area contributed by atoms with Gasteiger partial charge in [0.25, 0.3) is 0 Å². The molecule has 0 atom stereocenters. The Morgan fingerprint density at radius 2 is 1.25 bits per heavy atom. The average molecular weight is 439 g/mol. The Balaban J connectivity index is 1.95. The van der Waals surface area contributed by atoms with Crippen molar-refractivity contribution >= 4 is 54.7 Å². The summed E-state index contributed by atoms with van der Waals surface area (Å²) in [6.45, 7) is 7.15. The number of rotatable bonds is 3. The summed E-state index contributed by atoms with van der Waals surface area (Å²) < 4.78 is 0.612. The van der Waals surface area contributed by atoms with Gasteiger partial charge in [0.15, 0.2) is 0 Å². The van der Waals surface area contributed by atoms with Crippen LogP contribution >= 0.6 is 29.0 Å². The van der Waals surface area contributed by atoms with Crippen molar-refractivity contribution in [2.24, 2.45) is 11.3 Å². The van der Waals surface area contributed by atoms with Crippen LogP contribution in [0.2, 0.25) is 0 Å². The molecule has 2 aromatic carbocycles. The van der Waals surface area contributed by atoms with Gasteiger partial charge < -0.3 is 0 Å². The van der Waals surface area contributed by atoms with E-state index in [-0.39, 0.29) is 0 Å². The van der Waals surface area contributed by atoms with Crippen molar-refractivity contribution in [2.75, 3.05) is 11.5 Å². The van der Waals surface area contributed by atoms with Crippen molar-refractivity contribution < 1.29 is 0 Å². The predicted octanol–water partition coefficient (Wildman–Crippen LogP) is 5.16.